The summed E-state index contributed by atoms with van der Waals surface area (Å²) < 4.78 is 0.649. The highest BCUT2D eigenvalue weighted by molar-refractivity contribution is 9.10. The Hall–Kier alpha value is -2.67. The second-order valence-electron chi connectivity index (χ2n) is 4.51. The fraction of sp³-hybridized carbons (Fsp3) is 0.0625. The summed E-state index contributed by atoms with van der Waals surface area (Å²) in [4.78, 5) is 23.5. The van der Waals surface area contributed by atoms with Gasteiger partial charge in [0.1, 0.15) is 5.75 Å². The normalized spacial score (nSPS) is 10.5. The first-order valence-corrected chi connectivity index (χ1v) is 7.50. The Morgan fingerprint density at radius 2 is 1.83 bits per heavy atom. The van der Waals surface area contributed by atoms with Crippen molar-refractivity contribution in [2.24, 2.45) is 5.10 Å². The third-order valence-corrected chi connectivity index (χ3v) is 3.55. The van der Waals surface area contributed by atoms with Gasteiger partial charge in [0.2, 0.25) is 0 Å². The zero-order valence-electron chi connectivity index (χ0n) is 12.0. The number of hydrazone groups is 1. The molecule has 0 radical (unpaired) electrons. The van der Waals surface area contributed by atoms with Gasteiger partial charge in [-0.2, -0.15) is 5.10 Å². The molecule has 0 fully saturated rings. The highest BCUT2D eigenvalue weighted by Crippen LogP contribution is 2.15. The number of nitrogens with one attached hydrogen (secondary N) is 2. The molecular weight excluding hydrogens is 362 g/mol. The second kappa shape index (κ2) is 8.09. The van der Waals surface area contributed by atoms with Gasteiger partial charge in [-0.1, -0.05) is 24.3 Å². The Labute approximate surface area is 141 Å². The number of phenolic OH excluding ortho intramolecular Hbond substituents is 1. The van der Waals surface area contributed by atoms with Crippen molar-refractivity contribution in [1.82, 2.24) is 10.7 Å². The number of benzene rings is 2. The van der Waals surface area contributed by atoms with Crippen molar-refractivity contribution in [3.05, 3.63) is 64.1 Å². The van der Waals surface area contributed by atoms with Crippen molar-refractivity contribution >= 4 is 34.0 Å². The molecule has 2 amide bonds. The van der Waals surface area contributed by atoms with E-state index in [4.69, 9.17) is 0 Å². The number of carbonyl (C=O) groups excluding carboxylic acids is 2. The van der Waals surface area contributed by atoms with Crippen LogP contribution in [0.4, 0.5) is 0 Å². The molecule has 23 heavy (non-hydrogen) atoms. The minimum absolute atomic E-state index is 0.0627. The van der Waals surface area contributed by atoms with E-state index in [0.29, 0.717) is 15.6 Å². The predicted molar refractivity (Wildman–Crippen MR) is 90.3 cm³/mol. The number of para-hydroxylation sites is 1. The van der Waals surface area contributed by atoms with Crippen molar-refractivity contribution in [3.8, 4) is 5.75 Å². The number of carbonyl (C=O) groups is 2. The lowest BCUT2D eigenvalue weighted by Gasteiger charge is -2.05. The summed E-state index contributed by atoms with van der Waals surface area (Å²) in [6, 6.07) is 13.5. The van der Waals surface area contributed by atoms with E-state index < -0.39 is 5.91 Å². The number of hydrogen-bond donors (Lipinski definition) is 3. The smallest absolute Gasteiger partial charge is 0.259 e. The van der Waals surface area contributed by atoms with E-state index in [1.165, 1.54) is 12.3 Å². The summed E-state index contributed by atoms with van der Waals surface area (Å²) in [7, 11) is 0. The number of phenols is 1. The lowest BCUT2D eigenvalue weighted by atomic mass is 10.2. The van der Waals surface area contributed by atoms with Gasteiger partial charge < -0.3 is 10.4 Å². The molecule has 0 aliphatic heterocycles. The van der Waals surface area contributed by atoms with Crippen LogP contribution in [0.2, 0.25) is 0 Å². The van der Waals surface area contributed by atoms with Gasteiger partial charge in [-0.25, -0.2) is 5.43 Å². The van der Waals surface area contributed by atoms with Gasteiger partial charge in [0.05, 0.1) is 18.3 Å². The monoisotopic (exact) mass is 375 g/mol. The van der Waals surface area contributed by atoms with Crippen molar-refractivity contribution < 1.29 is 14.7 Å². The van der Waals surface area contributed by atoms with E-state index in [1.54, 1.807) is 42.5 Å². The minimum atomic E-state index is -0.475. The summed E-state index contributed by atoms with van der Waals surface area (Å²) in [5.74, 6) is -0.776. The van der Waals surface area contributed by atoms with Crippen molar-refractivity contribution in [3.63, 3.8) is 0 Å². The molecule has 2 aromatic rings. The van der Waals surface area contributed by atoms with E-state index in [0.717, 1.165) is 0 Å². The van der Waals surface area contributed by atoms with Crippen LogP contribution < -0.4 is 10.7 Å². The standard InChI is InChI=1S/C16H14BrN3O3/c17-13-7-3-2-6-12(13)16(23)18-10-15(22)20-19-9-11-5-1-4-8-14(11)21/h1-9,21H,10H2,(H,18,23)(H,20,22)/b19-9-. The van der Waals surface area contributed by atoms with E-state index in [2.05, 4.69) is 31.8 Å². The van der Waals surface area contributed by atoms with Crippen LogP contribution in [0, 0.1) is 0 Å². The summed E-state index contributed by atoms with van der Waals surface area (Å²) >= 11 is 3.27. The fourth-order valence-corrected chi connectivity index (χ4v) is 2.18. The Morgan fingerprint density at radius 3 is 2.57 bits per heavy atom. The Balaban J connectivity index is 1.83. The molecule has 7 heteroatoms. The van der Waals surface area contributed by atoms with Gasteiger partial charge >= 0.3 is 0 Å². The Kier molecular flexibility index (Phi) is 5.87. The minimum Gasteiger partial charge on any atom is -0.507 e. The molecule has 2 aromatic carbocycles. The highest BCUT2D eigenvalue weighted by atomic mass is 79.9. The molecule has 6 nitrogen and oxygen atoms in total. The molecule has 0 heterocycles. The van der Waals surface area contributed by atoms with Gasteiger partial charge in [0.15, 0.2) is 0 Å². The molecule has 118 valence electrons. The molecule has 0 atom stereocenters. The van der Waals surface area contributed by atoms with E-state index in [-0.39, 0.29) is 18.2 Å². The number of halogens is 1. The van der Waals surface area contributed by atoms with Crippen LogP contribution in [0.1, 0.15) is 15.9 Å². The van der Waals surface area contributed by atoms with Crippen molar-refractivity contribution in [1.29, 1.82) is 0 Å². The van der Waals surface area contributed by atoms with Crippen molar-refractivity contribution in [2.45, 2.75) is 0 Å². The van der Waals surface area contributed by atoms with Crippen molar-refractivity contribution in [2.75, 3.05) is 6.54 Å². The SMILES string of the molecule is O=C(CNC(=O)c1ccccc1Br)N/N=C\c1ccccc1O. The topological polar surface area (TPSA) is 90.8 Å². The zero-order valence-corrected chi connectivity index (χ0v) is 13.6. The quantitative estimate of drug-likeness (QED) is 0.551. The molecule has 0 bridgehead atoms. The lowest BCUT2D eigenvalue weighted by molar-refractivity contribution is -0.120. The third kappa shape index (κ3) is 4.93. The second-order valence-corrected chi connectivity index (χ2v) is 5.37. The maximum Gasteiger partial charge on any atom is 0.259 e. The summed E-state index contributed by atoms with van der Waals surface area (Å²) in [5, 5.41) is 15.8. The van der Waals surface area contributed by atoms with Gasteiger partial charge in [-0.3, -0.25) is 9.59 Å². The number of aromatic hydroxyl groups is 1. The number of rotatable bonds is 5. The third-order valence-electron chi connectivity index (χ3n) is 2.86. The van der Waals surface area contributed by atoms with Crippen LogP contribution in [-0.4, -0.2) is 29.7 Å². The van der Waals surface area contributed by atoms with E-state index in [9.17, 15) is 14.7 Å². The summed E-state index contributed by atoms with van der Waals surface area (Å²) in [6.45, 7) is -0.210. The van der Waals surface area contributed by atoms with Gasteiger partial charge in [-0.15, -0.1) is 0 Å². The van der Waals surface area contributed by atoms with Gasteiger partial charge in [0, 0.05) is 10.0 Å². The molecule has 3 N–H and O–H groups in total. The maximum absolute atomic E-state index is 11.9. The molecular formula is C16H14BrN3O3. The average Bonchev–Trinajstić information content (AvgIpc) is 2.55. The van der Waals surface area contributed by atoms with Crippen LogP contribution in [-0.2, 0) is 4.79 Å². The first-order chi connectivity index (χ1) is 11.1. The number of amides is 2. The first-order valence-electron chi connectivity index (χ1n) is 6.70. The highest BCUT2D eigenvalue weighted by Gasteiger charge is 2.10. The molecule has 0 unspecified atom stereocenters. The van der Waals surface area contributed by atoms with E-state index in [1.807, 2.05) is 0 Å². The number of hydrogen-bond acceptors (Lipinski definition) is 4. The van der Waals surface area contributed by atoms with Crippen LogP contribution in [0.25, 0.3) is 0 Å². The molecule has 0 saturated carbocycles. The Morgan fingerprint density at radius 1 is 1.13 bits per heavy atom. The van der Waals surface area contributed by atoms with Crippen LogP contribution in [0.3, 0.4) is 0 Å². The summed E-state index contributed by atoms with van der Waals surface area (Å²) in [6.07, 6.45) is 1.32. The maximum atomic E-state index is 11.9. The average molecular weight is 376 g/mol. The fourth-order valence-electron chi connectivity index (χ4n) is 1.71. The van der Waals surface area contributed by atoms with Crippen LogP contribution in [0.5, 0.6) is 5.75 Å². The first kappa shape index (κ1) is 16.7. The van der Waals surface area contributed by atoms with Crippen LogP contribution in [0.15, 0.2) is 58.1 Å². The summed E-state index contributed by atoms with van der Waals surface area (Å²) in [5.41, 5.74) is 3.19. The molecule has 2 rings (SSSR count). The molecule has 0 saturated heterocycles. The Bertz CT molecular complexity index is 747. The lowest BCUT2D eigenvalue weighted by Crippen LogP contribution is -2.35. The van der Waals surface area contributed by atoms with E-state index >= 15 is 0 Å². The molecule has 0 aliphatic carbocycles. The largest absolute Gasteiger partial charge is 0.507 e. The molecule has 0 aliphatic rings. The zero-order chi connectivity index (χ0) is 16.7. The molecule has 0 spiro atoms. The van der Waals surface area contributed by atoms with Gasteiger partial charge in [0.25, 0.3) is 11.8 Å². The number of nitrogens with zero attached hydrogens (tertiary/aromatic N) is 1. The molecule has 0 aromatic heterocycles. The van der Waals surface area contributed by atoms with Crippen LogP contribution >= 0.6 is 15.9 Å². The predicted octanol–water partition coefficient (Wildman–Crippen LogP) is 2.03. The van der Waals surface area contributed by atoms with Gasteiger partial charge in [-0.05, 0) is 40.2 Å².